The summed E-state index contributed by atoms with van der Waals surface area (Å²) in [5.41, 5.74) is 11.6. The van der Waals surface area contributed by atoms with Gasteiger partial charge in [-0.1, -0.05) is 24.3 Å². The molecule has 4 unspecified atom stereocenters. The molecule has 2 saturated heterocycles. The van der Waals surface area contributed by atoms with E-state index in [0.29, 0.717) is 12.5 Å². The second-order valence-corrected chi connectivity index (χ2v) is 10.2. The Morgan fingerprint density at radius 3 is 2.84 bits per heavy atom. The summed E-state index contributed by atoms with van der Waals surface area (Å²) in [6.45, 7) is 2.31. The minimum atomic E-state index is -0.253. The molecule has 0 bridgehead atoms. The Labute approximate surface area is 215 Å². The molecule has 2 aliphatic rings. The monoisotopic (exact) mass is 501 g/mol. The first-order chi connectivity index (χ1) is 18.0. The van der Waals surface area contributed by atoms with E-state index in [1.54, 1.807) is 18.3 Å². The smallest absolute Gasteiger partial charge is 0.137 e. The molecule has 9 heteroatoms. The van der Waals surface area contributed by atoms with Crippen molar-refractivity contribution in [2.75, 3.05) is 33.8 Å². The van der Waals surface area contributed by atoms with Gasteiger partial charge in [0.15, 0.2) is 0 Å². The Balaban J connectivity index is 1.23. The SMILES string of the molecule is CN(C)CCOc1cncc(C2CC3C(CN2)NNC3c2nc3c(-c4cccc(F)c4)cccc3[nH]2)c1. The van der Waals surface area contributed by atoms with Gasteiger partial charge in [0.2, 0.25) is 0 Å². The average molecular weight is 502 g/mol. The standard InChI is InChI=1S/C28H32FN7O/c1-36(2)9-10-37-20-12-18(14-30-15-20)24-13-22-25(16-31-24)34-35-27(22)28-32-23-8-4-7-21(26(23)33-28)17-5-3-6-19(29)11-17/h3-8,11-12,14-15,22,24-25,27,31,34-35H,9-10,13,16H2,1-2H3,(H,32,33). The highest BCUT2D eigenvalue weighted by Crippen LogP contribution is 2.39. The maximum absolute atomic E-state index is 13.9. The number of ether oxygens (including phenoxy) is 1. The lowest BCUT2D eigenvalue weighted by molar-refractivity contribution is 0.255. The predicted octanol–water partition coefficient (Wildman–Crippen LogP) is 3.57. The first-order valence-electron chi connectivity index (χ1n) is 12.8. The van der Waals surface area contributed by atoms with Crippen molar-refractivity contribution in [1.29, 1.82) is 0 Å². The van der Waals surface area contributed by atoms with E-state index in [-0.39, 0.29) is 23.9 Å². The van der Waals surface area contributed by atoms with Crippen molar-refractivity contribution in [2.45, 2.75) is 24.5 Å². The third-order valence-corrected chi connectivity index (χ3v) is 7.37. The van der Waals surface area contributed by atoms with Gasteiger partial charge < -0.3 is 19.9 Å². The van der Waals surface area contributed by atoms with E-state index in [1.165, 1.54) is 6.07 Å². The van der Waals surface area contributed by atoms with Crippen LogP contribution in [0.2, 0.25) is 0 Å². The van der Waals surface area contributed by atoms with Crippen LogP contribution in [0, 0.1) is 11.7 Å². The Kier molecular flexibility index (Phi) is 6.60. The number of piperidine rings is 1. The lowest BCUT2D eigenvalue weighted by atomic mass is 9.82. The average Bonchev–Trinajstić information content (AvgIpc) is 3.52. The summed E-state index contributed by atoms with van der Waals surface area (Å²) in [5.74, 6) is 1.75. The number of nitrogens with one attached hydrogen (secondary N) is 4. The first-order valence-corrected chi connectivity index (χ1v) is 12.8. The number of imidazole rings is 1. The van der Waals surface area contributed by atoms with Gasteiger partial charge in [-0.15, -0.1) is 0 Å². The van der Waals surface area contributed by atoms with Crippen LogP contribution >= 0.6 is 0 Å². The predicted molar refractivity (Wildman–Crippen MR) is 141 cm³/mol. The molecule has 0 radical (unpaired) electrons. The van der Waals surface area contributed by atoms with Crippen molar-refractivity contribution in [3.05, 3.63) is 78.1 Å². The fourth-order valence-electron chi connectivity index (χ4n) is 5.43. The van der Waals surface area contributed by atoms with E-state index in [0.717, 1.165) is 58.8 Å². The van der Waals surface area contributed by atoms with Gasteiger partial charge in [-0.05, 0) is 55.9 Å². The molecule has 6 rings (SSSR count). The fraction of sp³-hybridized carbons (Fsp3) is 0.357. The van der Waals surface area contributed by atoms with Crippen LogP contribution < -0.4 is 20.9 Å². The van der Waals surface area contributed by atoms with Crippen LogP contribution in [0.5, 0.6) is 5.75 Å². The highest BCUT2D eigenvalue weighted by Gasteiger charge is 2.42. The van der Waals surface area contributed by atoms with Crippen molar-refractivity contribution in [2.24, 2.45) is 5.92 Å². The number of pyridine rings is 1. The third kappa shape index (κ3) is 4.95. The van der Waals surface area contributed by atoms with E-state index < -0.39 is 0 Å². The number of aromatic nitrogens is 3. The summed E-state index contributed by atoms with van der Waals surface area (Å²) in [6, 6.07) is 15.2. The Bertz CT molecular complexity index is 1390. The van der Waals surface area contributed by atoms with Crippen molar-refractivity contribution in [1.82, 2.24) is 36.0 Å². The number of aromatic amines is 1. The van der Waals surface area contributed by atoms with Crippen LogP contribution in [0.25, 0.3) is 22.2 Å². The molecular formula is C28H32FN7O. The first kappa shape index (κ1) is 24.0. The van der Waals surface area contributed by atoms with Gasteiger partial charge in [-0.2, -0.15) is 0 Å². The normalized spacial score (nSPS) is 23.5. The number of likely N-dealkylation sites (N-methyl/N-ethyl adjacent to an activating group) is 1. The molecule has 4 atom stereocenters. The molecule has 4 heterocycles. The molecule has 4 aromatic rings. The summed E-state index contributed by atoms with van der Waals surface area (Å²) in [5, 5.41) is 3.67. The van der Waals surface area contributed by atoms with Crippen LogP contribution in [0.15, 0.2) is 60.9 Å². The van der Waals surface area contributed by atoms with E-state index >= 15 is 0 Å². The zero-order valence-corrected chi connectivity index (χ0v) is 21.0. The van der Waals surface area contributed by atoms with Crippen molar-refractivity contribution in [3.8, 4) is 16.9 Å². The Morgan fingerprint density at radius 1 is 1.08 bits per heavy atom. The number of hydrogen-bond acceptors (Lipinski definition) is 7. The molecule has 192 valence electrons. The second-order valence-electron chi connectivity index (χ2n) is 10.2. The summed E-state index contributed by atoms with van der Waals surface area (Å²) in [7, 11) is 4.07. The number of nitrogens with zero attached hydrogens (tertiary/aromatic N) is 3. The third-order valence-electron chi connectivity index (χ3n) is 7.37. The second kappa shape index (κ2) is 10.2. The van der Waals surface area contributed by atoms with Crippen molar-refractivity contribution < 1.29 is 9.13 Å². The van der Waals surface area contributed by atoms with Gasteiger partial charge >= 0.3 is 0 Å². The number of rotatable bonds is 7. The molecular weight excluding hydrogens is 469 g/mol. The highest BCUT2D eigenvalue weighted by molar-refractivity contribution is 5.92. The van der Waals surface area contributed by atoms with E-state index in [2.05, 4.69) is 37.1 Å². The zero-order valence-electron chi connectivity index (χ0n) is 21.0. The van der Waals surface area contributed by atoms with Crippen LogP contribution in [0.1, 0.15) is 29.9 Å². The Morgan fingerprint density at radius 2 is 1.97 bits per heavy atom. The molecule has 0 amide bonds. The molecule has 2 aliphatic heterocycles. The van der Waals surface area contributed by atoms with Gasteiger partial charge in [0.25, 0.3) is 0 Å². The quantitative estimate of drug-likeness (QED) is 0.308. The molecule has 2 aromatic carbocycles. The van der Waals surface area contributed by atoms with Gasteiger partial charge in [0.1, 0.15) is 24.0 Å². The lowest BCUT2D eigenvalue weighted by Gasteiger charge is -2.34. The van der Waals surface area contributed by atoms with Crippen LogP contribution in [-0.4, -0.2) is 59.7 Å². The summed E-state index contributed by atoms with van der Waals surface area (Å²) < 4.78 is 19.8. The highest BCUT2D eigenvalue weighted by atomic mass is 19.1. The summed E-state index contributed by atoms with van der Waals surface area (Å²) >= 11 is 0. The van der Waals surface area contributed by atoms with E-state index in [1.807, 2.05) is 44.6 Å². The van der Waals surface area contributed by atoms with E-state index in [4.69, 9.17) is 9.72 Å². The molecule has 0 spiro atoms. The van der Waals surface area contributed by atoms with Gasteiger partial charge in [-0.25, -0.2) is 14.8 Å². The van der Waals surface area contributed by atoms with Crippen LogP contribution in [-0.2, 0) is 0 Å². The minimum absolute atomic E-state index is 0.0230. The number of H-pyrrole nitrogens is 1. The minimum Gasteiger partial charge on any atom is -0.491 e. The van der Waals surface area contributed by atoms with Crippen LogP contribution in [0.4, 0.5) is 4.39 Å². The molecule has 8 nitrogen and oxygen atoms in total. The number of para-hydroxylation sites is 1. The summed E-state index contributed by atoms with van der Waals surface area (Å²) in [4.78, 5) is 15.1. The molecule has 0 saturated carbocycles. The van der Waals surface area contributed by atoms with E-state index in [9.17, 15) is 4.39 Å². The molecule has 37 heavy (non-hydrogen) atoms. The number of hydrogen-bond donors (Lipinski definition) is 4. The van der Waals surface area contributed by atoms with Crippen molar-refractivity contribution in [3.63, 3.8) is 0 Å². The molecule has 2 fully saturated rings. The lowest BCUT2D eigenvalue weighted by Crippen LogP contribution is -2.46. The van der Waals surface area contributed by atoms with Crippen molar-refractivity contribution >= 4 is 11.0 Å². The largest absolute Gasteiger partial charge is 0.491 e. The van der Waals surface area contributed by atoms with Gasteiger partial charge in [0, 0.05) is 42.9 Å². The fourth-order valence-corrected chi connectivity index (χ4v) is 5.43. The Hall–Kier alpha value is -3.37. The molecule has 4 N–H and O–H groups in total. The molecule has 0 aliphatic carbocycles. The zero-order chi connectivity index (χ0) is 25.4. The topological polar surface area (TPSA) is 90.1 Å². The van der Waals surface area contributed by atoms with Gasteiger partial charge in [-0.3, -0.25) is 10.4 Å². The number of fused-ring (bicyclic) bond motifs is 2. The number of halogens is 1. The number of benzene rings is 2. The maximum Gasteiger partial charge on any atom is 0.137 e. The maximum atomic E-state index is 13.9. The molecule has 2 aromatic heterocycles. The summed E-state index contributed by atoms with van der Waals surface area (Å²) in [6.07, 6.45) is 4.62. The van der Waals surface area contributed by atoms with Gasteiger partial charge in [0.05, 0.1) is 23.3 Å². The van der Waals surface area contributed by atoms with Crippen LogP contribution in [0.3, 0.4) is 0 Å². The number of hydrazine groups is 1.